The number of halogens is 1. The van der Waals surface area contributed by atoms with E-state index >= 15 is 0 Å². The molecule has 1 saturated heterocycles. The number of aromatic hydroxyl groups is 1. The van der Waals surface area contributed by atoms with E-state index in [0.29, 0.717) is 11.7 Å². The number of phenolic OH excluding ortho intramolecular Hbond substituents is 1. The minimum atomic E-state index is -0.115. The second kappa shape index (κ2) is 6.33. The Hall–Kier alpha value is -2.33. The van der Waals surface area contributed by atoms with Crippen molar-refractivity contribution in [2.24, 2.45) is 11.8 Å². The number of piperidine rings is 1. The number of nitrogens with zero attached hydrogens (tertiary/aromatic N) is 1. The molecule has 3 aliphatic rings. The molecular formula is C25H27FN2O. The third-order valence-electron chi connectivity index (χ3n) is 7.68. The maximum absolute atomic E-state index is 14.7. The molecule has 1 aliphatic heterocycles. The number of benzene rings is 2. The summed E-state index contributed by atoms with van der Waals surface area (Å²) in [5.41, 5.74) is 4.50. The third-order valence-corrected chi connectivity index (χ3v) is 7.68. The largest absolute Gasteiger partial charge is 0.508 e. The Morgan fingerprint density at radius 2 is 2.03 bits per heavy atom. The van der Waals surface area contributed by atoms with Crippen molar-refractivity contribution in [1.29, 1.82) is 0 Å². The molecule has 150 valence electrons. The first-order valence-electron chi connectivity index (χ1n) is 10.9. The quantitative estimate of drug-likeness (QED) is 0.675. The van der Waals surface area contributed by atoms with Crippen LogP contribution in [0.25, 0.3) is 10.9 Å². The molecule has 2 fully saturated rings. The normalized spacial score (nSPS) is 27.0. The molecule has 0 bridgehead atoms. The summed E-state index contributed by atoms with van der Waals surface area (Å²) in [4.78, 5) is 6.17. The van der Waals surface area contributed by atoms with Crippen LogP contribution in [0.3, 0.4) is 0 Å². The van der Waals surface area contributed by atoms with Gasteiger partial charge >= 0.3 is 0 Å². The lowest BCUT2D eigenvalue weighted by atomic mass is 9.58. The van der Waals surface area contributed by atoms with Crippen LogP contribution in [0.1, 0.15) is 36.1 Å². The molecule has 6 rings (SSSR count). The van der Waals surface area contributed by atoms with Crippen LogP contribution in [0.5, 0.6) is 5.75 Å². The Labute approximate surface area is 170 Å². The van der Waals surface area contributed by atoms with Crippen LogP contribution in [-0.4, -0.2) is 34.6 Å². The number of H-pyrrole nitrogens is 1. The summed E-state index contributed by atoms with van der Waals surface area (Å²) in [5.74, 6) is 1.54. The van der Waals surface area contributed by atoms with Gasteiger partial charge in [-0.15, -0.1) is 0 Å². The van der Waals surface area contributed by atoms with Crippen molar-refractivity contribution in [3.8, 4) is 5.75 Å². The van der Waals surface area contributed by atoms with Gasteiger partial charge in [0.1, 0.15) is 11.6 Å². The lowest BCUT2D eigenvalue weighted by molar-refractivity contribution is 0.0782. The van der Waals surface area contributed by atoms with Gasteiger partial charge in [-0.2, -0.15) is 0 Å². The molecule has 0 amide bonds. The molecule has 2 atom stereocenters. The number of nitrogens with one attached hydrogen (secondary N) is 1. The lowest BCUT2D eigenvalue weighted by Gasteiger charge is -2.51. The van der Waals surface area contributed by atoms with Gasteiger partial charge in [-0.3, -0.25) is 0 Å². The molecule has 1 saturated carbocycles. The van der Waals surface area contributed by atoms with Gasteiger partial charge in [0.25, 0.3) is 0 Å². The fraction of sp³-hybridized carbons (Fsp3) is 0.440. The molecule has 0 radical (unpaired) electrons. The first kappa shape index (κ1) is 17.5. The highest BCUT2D eigenvalue weighted by molar-refractivity contribution is 5.85. The van der Waals surface area contributed by atoms with Crippen LogP contribution in [0.4, 0.5) is 4.39 Å². The molecule has 2 heterocycles. The topological polar surface area (TPSA) is 39.3 Å². The Morgan fingerprint density at radius 1 is 1.17 bits per heavy atom. The van der Waals surface area contributed by atoms with E-state index in [2.05, 4.69) is 16.0 Å². The minimum absolute atomic E-state index is 0.00312. The smallest absolute Gasteiger partial charge is 0.132 e. The molecule has 3 aromatic rings. The fourth-order valence-corrected chi connectivity index (χ4v) is 6.02. The van der Waals surface area contributed by atoms with Crippen molar-refractivity contribution in [2.45, 2.75) is 37.5 Å². The van der Waals surface area contributed by atoms with Crippen LogP contribution in [0.2, 0.25) is 0 Å². The monoisotopic (exact) mass is 390 g/mol. The zero-order chi connectivity index (χ0) is 19.6. The highest BCUT2D eigenvalue weighted by Crippen LogP contribution is 2.50. The van der Waals surface area contributed by atoms with Gasteiger partial charge in [0.15, 0.2) is 0 Å². The number of aromatic amines is 1. The Kier molecular flexibility index (Phi) is 3.83. The van der Waals surface area contributed by atoms with E-state index in [1.165, 1.54) is 36.2 Å². The van der Waals surface area contributed by atoms with E-state index in [4.69, 9.17) is 0 Å². The van der Waals surface area contributed by atoms with Crippen molar-refractivity contribution >= 4 is 10.9 Å². The molecule has 0 spiro atoms. The summed E-state index contributed by atoms with van der Waals surface area (Å²) >= 11 is 0. The number of fused-ring (bicyclic) bond motifs is 4. The summed E-state index contributed by atoms with van der Waals surface area (Å²) in [7, 11) is 0. The first-order valence-corrected chi connectivity index (χ1v) is 10.9. The van der Waals surface area contributed by atoms with Gasteiger partial charge in [-0.05, 0) is 85.9 Å². The first-order chi connectivity index (χ1) is 14.1. The number of hydrogen-bond acceptors (Lipinski definition) is 2. The fourth-order valence-electron chi connectivity index (χ4n) is 6.02. The number of rotatable bonds is 3. The van der Waals surface area contributed by atoms with Crippen molar-refractivity contribution in [3.63, 3.8) is 0 Å². The van der Waals surface area contributed by atoms with Crippen molar-refractivity contribution in [2.75, 3.05) is 19.6 Å². The van der Waals surface area contributed by atoms with Gasteiger partial charge in [0, 0.05) is 35.1 Å². The number of hydrogen-bond donors (Lipinski definition) is 2. The Morgan fingerprint density at radius 3 is 2.86 bits per heavy atom. The molecule has 3 nitrogen and oxygen atoms in total. The maximum Gasteiger partial charge on any atom is 0.132 e. The molecule has 1 unspecified atom stereocenters. The van der Waals surface area contributed by atoms with Crippen LogP contribution in [0, 0.1) is 17.7 Å². The van der Waals surface area contributed by atoms with E-state index in [1.807, 2.05) is 18.2 Å². The van der Waals surface area contributed by atoms with Crippen LogP contribution in [0.15, 0.2) is 42.5 Å². The number of likely N-dealkylation sites (tertiary alicyclic amines) is 1. The molecule has 2 aliphatic carbocycles. The third kappa shape index (κ3) is 2.80. The highest BCUT2D eigenvalue weighted by atomic mass is 19.1. The van der Waals surface area contributed by atoms with Gasteiger partial charge < -0.3 is 15.0 Å². The Bertz CT molecular complexity index is 1090. The second-order valence-corrected chi connectivity index (χ2v) is 9.48. The maximum atomic E-state index is 14.7. The van der Waals surface area contributed by atoms with E-state index in [1.54, 1.807) is 18.2 Å². The van der Waals surface area contributed by atoms with Gasteiger partial charge in [-0.1, -0.05) is 18.2 Å². The van der Waals surface area contributed by atoms with Crippen molar-refractivity contribution in [1.82, 2.24) is 9.88 Å². The van der Waals surface area contributed by atoms with Crippen LogP contribution < -0.4 is 0 Å². The average molecular weight is 391 g/mol. The van der Waals surface area contributed by atoms with E-state index in [0.717, 1.165) is 49.2 Å². The van der Waals surface area contributed by atoms with Gasteiger partial charge in [-0.25, -0.2) is 4.39 Å². The molecule has 4 heteroatoms. The van der Waals surface area contributed by atoms with Crippen LogP contribution >= 0.6 is 0 Å². The summed E-state index contributed by atoms with van der Waals surface area (Å²) in [5, 5.41) is 11.0. The summed E-state index contributed by atoms with van der Waals surface area (Å²) in [6.45, 7) is 3.38. The zero-order valence-electron chi connectivity index (χ0n) is 16.6. The standard InChI is InChI=1S/C25H27FN2O/c26-21-5-2-6-22-24(21)20-12-18-15-28(14-16-7-8-16)10-9-25(18,13-23(20)27-22)17-3-1-4-19(29)11-17/h1-6,11,16,18,27,29H,7-10,12-15H2/t18?,25-/m1/s1. The lowest BCUT2D eigenvalue weighted by Crippen LogP contribution is -2.54. The van der Waals surface area contributed by atoms with Crippen LogP contribution in [-0.2, 0) is 18.3 Å². The SMILES string of the molecule is Oc1cccc([C@]23CCN(CC4CC4)CC2Cc2c([nH]c4cccc(F)c24)C3)c1. The van der Waals surface area contributed by atoms with Gasteiger partial charge in [0.2, 0.25) is 0 Å². The van der Waals surface area contributed by atoms with Gasteiger partial charge in [0.05, 0.1) is 0 Å². The number of aromatic nitrogens is 1. The van der Waals surface area contributed by atoms with E-state index in [9.17, 15) is 9.50 Å². The molecule has 2 N–H and O–H groups in total. The molecule has 1 aromatic heterocycles. The molecular weight excluding hydrogens is 363 g/mol. The molecule has 29 heavy (non-hydrogen) atoms. The summed E-state index contributed by atoms with van der Waals surface area (Å²) < 4.78 is 14.7. The summed E-state index contributed by atoms with van der Waals surface area (Å²) in [6, 6.07) is 13.2. The van der Waals surface area contributed by atoms with Crippen molar-refractivity contribution in [3.05, 3.63) is 65.1 Å². The Balaban J connectivity index is 1.46. The predicted octanol–water partition coefficient (Wildman–Crippen LogP) is 4.78. The predicted molar refractivity (Wildman–Crippen MR) is 113 cm³/mol. The minimum Gasteiger partial charge on any atom is -0.508 e. The average Bonchev–Trinajstić information content (AvgIpc) is 3.45. The van der Waals surface area contributed by atoms with E-state index in [-0.39, 0.29) is 11.2 Å². The van der Waals surface area contributed by atoms with E-state index < -0.39 is 0 Å². The number of phenols is 1. The summed E-state index contributed by atoms with van der Waals surface area (Å²) in [6.07, 6.45) is 5.62. The highest BCUT2D eigenvalue weighted by Gasteiger charge is 2.48. The van der Waals surface area contributed by atoms with Crippen molar-refractivity contribution < 1.29 is 9.50 Å². The second-order valence-electron chi connectivity index (χ2n) is 9.48. The zero-order valence-corrected chi connectivity index (χ0v) is 16.6. The molecule has 2 aromatic carbocycles.